The first-order chi connectivity index (χ1) is 23.0. The number of amidine groups is 2. The van der Waals surface area contributed by atoms with Crippen LogP contribution in [-0.2, 0) is 0 Å². The molecule has 7 rings (SSSR count). The van der Waals surface area contributed by atoms with Gasteiger partial charge in [0.1, 0.15) is 11.4 Å². The normalized spacial score (nSPS) is 17.3. The molecule has 0 amide bonds. The summed E-state index contributed by atoms with van der Waals surface area (Å²) < 4.78 is 0. The van der Waals surface area contributed by atoms with Crippen molar-refractivity contribution in [3.63, 3.8) is 0 Å². The van der Waals surface area contributed by atoms with Crippen LogP contribution in [0, 0.1) is 0 Å². The van der Waals surface area contributed by atoms with Crippen LogP contribution in [0.4, 0.5) is 11.4 Å². The fourth-order valence-electron chi connectivity index (χ4n) is 6.10. The molecule has 0 bridgehead atoms. The van der Waals surface area contributed by atoms with Gasteiger partial charge in [-0.1, -0.05) is 97.1 Å². The topological polar surface area (TPSA) is 62.4 Å². The third kappa shape index (κ3) is 5.74. The molecule has 8 nitrogen and oxygen atoms in total. The molecule has 3 heterocycles. The lowest BCUT2D eigenvalue weighted by molar-refractivity contribution is 0.453. The molecule has 0 aromatic heterocycles. The predicted octanol–water partition coefficient (Wildman–Crippen LogP) is 7.36. The molecule has 0 spiro atoms. The van der Waals surface area contributed by atoms with E-state index in [1.54, 1.807) is 0 Å². The summed E-state index contributed by atoms with van der Waals surface area (Å²) in [6, 6.07) is 41.5. The van der Waals surface area contributed by atoms with Gasteiger partial charge in [-0.2, -0.15) is 0 Å². The second-order valence-electron chi connectivity index (χ2n) is 11.6. The van der Waals surface area contributed by atoms with Gasteiger partial charge in [0, 0.05) is 20.5 Å². The summed E-state index contributed by atoms with van der Waals surface area (Å²) in [4.78, 5) is 21.3. The maximum Gasteiger partial charge on any atom is 0.175 e. The number of hydrogen-bond acceptors (Lipinski definition) is 8. The highest BCUT2D eigenvalue weighted by Crippen LogP contribution is 2.33. The van der Waals surface area contributed by atoms with Crippen molar-refractivity contribution >= 4 is 34.5 Å². The number of allylic oxidation sites excluding steroid dienone is 2. The maximum atomic E-state index is 5.46. The van der Waals surface area contributed by atoms with Gasteiger partial charge in [-0.15, -0.1) is 0 Å². The first-order valence-corrected chi connectivity index (χ1v) is 16.0. The molecule has 0 N–H and O–H groups in total. The van der Waals surface area contributed by atoms with E-state index in [-0.39, 0.29) is 0 Å². The Balaban J connectivity index is 1.46. The molecule has 4 aromatic carbocycles. The van der Waals surface area contributed by atoms with Crippen molar-refractivity contribution in [3.05, 3.63) is 155 Å². The summed E-state index contributed by atoms with van der Waals surface area (Å²) in [5.41, 5.74) is 9.69. The van der Waals surface area contributed by atoms with Crippen molar-refractivity contribution in [2.24, 2.45) is 20.0 Å². The van der Waals surface area contributed by atoms with Gasteiger partial charge in [0.05, 0.1) is 47.3 Å². The lowest BCUT2D eigenvalue weighted by Gasteiger charge is -2.29. The van der Waals surface area contributed by atoms with Gasteiger partial charge in [-0.05, 0) is 49.2 Å². The predicted molar refractivity (Wildman–Crippen MR) is 194 cm³/mol. The summed E-state index contributed by atoms with van der Waals surface area (Å²) in [7, 11) is 4.13. The van der Waals surface area contributed by atoms with Crippen molar-refractivity contribution in [3.8, 4) is 0 Å². The Bertz CT molecular complexity index is 1800. The Morgan fingerprint density at radius 3 is 1.17 bits per heavy atom. The number of anilines is 2. The minimum atomic E-state index is 0.483. The van der Waals surface area contributed by atoms with Crippen LogP contribution < -0.4 is 10.0 Å². The number of nitrogens with zero attached hydrogens (tertiary/aromatic N) is 8. The summed E-state index contributed by atoms with van der Waals surface area (Å²) in [6.07, 6.45) is 0.506. The van der Waals surface area contributed by atoms with Crippen LogP contribution in [0.3, 0.4) is 0 Å². The first-order valence-electron chi connectivity index (χ1n) is 16.0. The smallest absolute Gasteiger partial charge is 0.175 e. The molecule has 3 aliphatic heterocycles. The number of fused-ring (bicyclic) bond motifs is 2. The van der Waals surface area contributed by atoms with Crippen LogP contribution in [0.1, 0.15) is 31.4 Å². The number of aliphatic imine (C=N–C) groups is 4. The summed E-state index contributed by atoms with van der Waals surface area (Å²) >= 11 is 0. The van der Waals surface area contributed by atoms with Gasteiger partial charge >= 0.3 is 0 Å². The van der Waals surface area contributed by atoms with Crippen molar-refractivity contribution in [1.82, 2.24) is 10.0 Å². The summed E-state index contributed by atoms with van der Waals surface area (Å²) in [5, 5.41) is 8.55. The number of rotatable bonds is 4. The molecule has 0 radical (unpaired) electrons. The van der Waals surface area contributed by atoms with Crippen LogP contribution in [-0.4, -0.2) is 60.3 Å². The van der Waals surface area contributed by atoms with E-state index in [9.17, 15) is 0 Å². The number of hydrazine groups is 2. The van der Waals surface area contributed by atoms with Crippen LogP contribution in [0.15, 0.2) is 164 Å². The minimum absolute atomic E-state index is 0.483. The highest BCUT2D eigenvalue weighted by atomic mass is 15.7. The van der Waals surface area contributed by atoms with Gasteiger partial charge in [0.15, 0.2) is 11.7 Å². The molecule has 8 heteroatoms. The van der Waals surface area contributed by atoms with E-state index >= 15 is 0 Å². The lowest BCUT2D eigenvalue weighted by atomic mass is 9.99. The largest absolute Gasteiger partial charge is 0.284 e. The average Bonchev–Trinajstić information content (AvgIpc) is 3.50. The number of benzene rings is 4. The molecule has 0 unspecified atom stereocenters. The van der Waals surface area contributed by atoms with Gasteiger partial charge in [-0.3, -0.25) is 20.0 Å². The Hall–Kier alpha value is -5.76. The quantitative estimate of drug-likeness (QED) is 0.240. The second kappa shape index (κ2) is 12.9. The van der Waals surface area contributed by atoms with Crippen LogP contribution in [0.2, 0.25) is 0 Å². The highest BCUT2D eigenvalue weighted by molar-refractivity contribution is 6.22. The molecule has 4 aromatic rings. The molecule has 0 saturated heterocycles. The Morgan fingerprint density at radius 2 is 0.809 bits per heavy atom. The second-order valence-corrected chi connectivity index (χ2v) is 11.6. The average molecular weight is 619 g/mol. The monoisotopic (exact) mass is 618 g/mol. The van der Waals surface area contributed by atoms with Gasteiger partial charge in [-0.25, -0.2) is 20.0 Å². The third-order valence-electron chi connectivity index (χ3n) is 8.75. The molecule has 0 fully saturated rings. The Morgan fingerprint density at radius 1 is 0.468 bits per heavy atom. The molecule has 0 atom stereocenters. The van der Waals surface area contributed by atoms with E-state index in [2.05, 4.69) is 145 Å². The zero-order valence-corrected chi connectivity index (χ0v) is 27.2. The molecule has 0 saturated carbocycles. The molecular formula is C39H38N8. The molecule has 3 aliphatic rings. The molecular weight excluding hydrogens is 580 g/mol. The fraction of sp³-hybridized carbons (Fsp3) is 0.179. The van der Waals surface area contributed by atoms with Gasteiger partial charge in [0.2, 0.25) is 0 Å². The fourth-order valence-corrected chi connectivity index (χ4v) is 6.10. The van der Waals surface area contributed by atoms with Crippen LogP contribution in [0.25, 0.3) is 0 Å². The van der Waals surface area contributed by atoms with Crippen molar-refractivity contribution in [2.45, 2.75) is 20.3 Å². The van der Waals surface area contributed by atoms with E-state index in [0.29, 0.717) is 19.5 Å². The number of hydrogen-bond donors (Lipinski definition) is 0. The van der Waals surface area contributed by atoms with Crippen LogP contribution >= 0.6 is 0 Å². The molecule has 234 valence electrons. The third-order valence-corrected chi connectivity index (χ3v) is 8.75. The maximum absolute atomic E-state index is 5.46. The van der Waals surface area contributed by atoms with E-state index in [1.165, 1.54) is 0 Å². The van der Waals surface area contributed by atoms with E-state index in [0.717, 1.165) is 68.4 Å². The lowest BCUT2D eigenvalue weighted by Crippen LogP contribution is -2.38. The molecule has 47 heavy (non-hydrogen) atoms. The zero-order valence-electron chi connectivity index (χ0n) is 27.2. The zero-order chi connectivity index (χ0) is 32.3. The van der Waals surface area contributed by atoms with Crippen molar-refractivity contribution < 1.29 is 0 Å². The summed E-state index contributed by atoms with van der Waals surface area (Å²) in [5.74, 6) is 1.61. The first kappa shape index (κ1) is 29.9. The van der Waals surface area contributed by atoms with E-state index in [1.807, 2.05) is 24.3 Å². The summed E-state index contributed by atoms with van der Waals surface area (Å²) in [6.45, 7) is 5.18. The van der Waals surface area contributed by atoms with Gasteiger partial charge < -0.3 is 0 Å². The Labute approximate surface area is 276 Å². The van der Waals surface area contributed by atoms with E-state index in [4.69, 9.17) is 20.0 Å². The SMILES string of the molecule is CC1=C2N=C(c3ccccc3)CC(c3ccccc3)=NC3=C(C)N(C)N(c4ccccc4)C3=NCCN=C2N(c2ccccc2)N1C. The van der Waals surface area contributed by atoms with Crippen molar-refractivity contribution in [2.75, 3.05) is 37.2 Å². The molecule has 0 aliphatic carbocycles. The van der Waals surface area contributed by atoms with Crippen LogP contribution in [0.5, 0.6) is 0 Å². The minimum Gasteiger partial charge on any atom is -0.284 e. The number of para-hydroxylation sites is 2. The van der Waals surface area contributed by atoms with Gasteiger partial charge in [0.25, 0.3) is 0 Å². The standard InChI is InChI=1S/C39H38N8/c1-28-36-38(46(44(28)3)32-21-13-7-14-22-32)40-25-26-41-39-37(29(2)45(4)47(39)33-23-15-8-16-24-33)43-35(31-19-11-6-12-20-31)27-34(42-36)30-17-9-5-10-18-30/h5-24H,25-27H2,1-4H3. The van der Waals surface area contributed by atoms with Crippen molar-refractivity contribution in [1.29, 1.82) is 0 Å². The highest BCUT2D eigenvalue weighted by Gasteiger charge is 2.35. The van der Waals surface area contributed by atoms with E-state index < -0.39 is 0 Å². The Kier molecular flexibility index (Phi) is 8.23.